The van der Waals surface area contributed by atoms with Crippen molar-refractivity contribution in [2.24, 2.45) is 7.05 Å². The van der Waals surface area contributed by atoms with Crippen LogP contribution in [-0.4, -0.2) is 35.9 Å². The van der Waals surface area contributed by atoms with E-state index in [0.717, 1.165) is 24.5 Å². The van der Waals surface area contributed by atoms with Crippen molar-refractivity contribution in [3.63, 3.8) is 0 Å². The highest BCUT2D eigenvalue weighted by Crippen LogP contribution is 2.30. The number of anilines is 1. The Morgan fingerprint density at radius 1 is 1.44 bits per heavy atom. The lowest BCUT2D eigenvalue weighted by molar-refractivity contribution is -0.119. The Morgan fingerprint density at radius 2 is 2.11 bits per heavy atom. The number of aromatic nitrogens is 2. The molecule has 0 saturated carbocycles. The van der Waals surface area contributed by atoms with Crippen molar-refractivity contribution >= 4 is 11.7 Å². The smallest absolute Gasteiger partial charge is 0.239 e. The maximum absolute atomic E-state index is 11.1. The van der Waals surface area contributed by atoms with Crippen LogP contribution in [0.3, 0.4) is 0 Å². The van der Waals surface area contributed by atoms with Gasteiger partial charge in [-0.2, -0.15) is 0 Å². The summed E-state index contributed by atoms with van der Waals surface area (Å²) in [5.41, 5.74) is 0.956. The molecule has 2 rings (SSSR count). The van der Waals surface area contributed by atoms with Gasteiger partial charge in [0.25, 0.3) is 0 Å². The molecule has 2 heterocycles. The Kier molecular flexibility index (Phi) is 3.74. The van der Waals surface area contributed by atoms with E-state index in [1.165, 1.54) is 19.8 Å². The fourth-order valence-corrected chi connectivity index (χ4v) is 2.39. The highest BCUT2D eigenvalue weighted by molar-refractivity contribution is 5.73. The van der Waals surface area contributed by atoms with Gasteiger partial charge in [-0.15, -0.1) is 5.10 Å². The van der Waals surface area contributed by atoms with Crippen LogP contribution in [0.15, 0.2) is 0 Å². The van der Waals surface area contributed by atoms with Crippen LogP contribution in [0.4, 0.5) is 5.82 Å². The van der Waals surface area contributed by atoms with Gasteiger partial charge in [0.1, 0.15) is 5.82 Å². The highest BCUT2D eigenvalue weighted by Gasteiger charge is 2.24. The normalized spacial score (nSPS) is 14.9. The Hall–Kier alpha value is -1.72. The summed E-state index contributed by atoms with van der Waals surface area (Å²) >= 11 is 0. The number of rotatable bonds is 4. The largest absolute Gasteiger partial charge is 0.480 e. The number of carbonyl (C=O) groups excluding carboxylic acids is 1. The molecule has 0 bridgehead atoms. The van der Waals surface area contributed by atoms with Crippen LogP contribution in [-0.2, 0) is 18.4 Å². The minimum atomic E-state index is -0.0479. The van der Waals surface area contributed by atoms with Crippen molar-refractivity contribution in [1.29, 1.82) is 0 Å². The zero-order chi connectivity index (χ0) is 13.1. The first kappa shape index (κ1) is 12.7. The lowest BCUT2D eigenvalue weighted by Gasteiger charge is -2.19. The molecule has 0 aliphatic carbocycles. The maximum Gasteiger partial charge on any atom is 0.239 e. The predicted molar refractivity (Wildman–Crippen MR) is 68.7 cm³/mol. The van der Waals surface area contributed by atoms with Crippen molar-refractivity contribution in [2.75, 3.05) is 25.1 Å². The van der Waals surface area contributed by atoms with Crippen LogP contribution in [0.25, 0.3) is 0 Å². The third-order valence-corrected chi connectivity index (χ3v) is 3.19. The quantitative estimate of drug-likeness (QED) is 0.855. The van der Waals surface area contributed by atoms with Crippen LogP contribution in [0, 0.1) is 0 Å². The molecular weight excluding hydrogens is 232 g/mol. The lowest BCUT2D eigenvalue weighted by Crippen LogP contribution is -2.25. The van der Waals surface area contributed by atoms with Crippen LogP contribution in [0.2, 0.25) is 0 Å². The maximum atomic E-state index is 11.1. The van der Waals surface area contributed by atoms with Crippen LogP contribution < -0.4 is 15.0 Å². The van der Waals surface area contributed by atoms with Crippen LogP contribution >= 0.6 is 0 Å². The number of ether oxygens (including phenoxy) is 1. The zero-order valence-corrected chi connectivity index (χ0v) is 11.2. The molecule has 0 radical (unpaired) electrons. The minimum Gasteiger partial charge on any atom is -0.480 e. The van der Waals surface area contributed by atoms with E-state index in [1.54, 1.807) is 7.11 Å². The summed E-state index contributed by atoms with van der Waals surface area (Å²) < 4.78 is 7.12. The molecule has 18 heavy (non-hydrogen) atoms. The van der Waals surface area contributed by atoms with Gasteiger partial charge in [-0.3, -0.25) is 4.79 Å². The number of hydrogen-bond acceptors (Lipinski definition) is 4. The van der Waals surface area contributed by atoms with Gasteiger partial charge in [0.05, 0.1) is 19.2 Å². The number of methoxy groups -OCH3 is 1. The monoisotopic (exact) mass is 252 g/mol. The van der Waals surface area contributed by atoms with Crippen molar-refractivity contribution < 1.29 is 9.53 Å². The summed E-state index contributed by atoms with van der Waals surface area (Å²) in [7, 11) is 3.51. The summed E-state index contributed by atoms with van der Waals surface area (Å²) in [6.07, 6.45) is 2.40. The Morgan fingerprint density at radius 3 is 2.67 bits per heavy atom. The molecule has 1 amide bonds. The third-order valence-electron chi connectivity index (χ3n) is 3.19. The summed E-state index contributed by atoms with van der Waals surface area (Å²) in [6.45, 7) is 4.04. The summed E-state index contributed by atoms with van der Waals surface area (Å²) in [6, 6.07) is 0. The highest BCUT2D eigenvalue weighted by atomic mass is 16.5. The van der Waals surface area contributed by atoms with E-state index in [9.17, 15) is 4.79 Å². The molecule has 1 saturated heterocycles. The summed E-state index contributed by atoms with van der Waals surface area (Å²) in [4.78, 5) is 13.4. The van der Waals surface area contributed by atoms with E-state index >= 15 is 0 Å². The Bertz CT molecular complexity index is 436. The van der Waals surface area contributed by atoms with Crippen molar-refractivity contribution in [1.82, 2.24) is 15.1 Å². The van der Waals surface area contributed by atoms with Crippen molar-refractivity contribution in [3.8, 4) is 5.88 Å². The molecule has 0 aromatic carbocycles. The first-order chi connectivity index (χ1) is 8.63. The average Bonchev–Trinajstić information content (AvgIpc) is 2.93. The van der Waals surface area contributed by atoms with Gasteiger partial charge in [0.2, 0.25) is 11.8 Å². The van der Waals surface area contributed by atoms with Gasteiger partial charge in [-0.25, -0.2) is 4.68 Å². The van der Waals surface area contributed by atoms with Gasteiger partial charge < -0.3 is 15.0 Å². The molecule has 1 aromatic rings. The van der Waals surface area contributed by atoms with E-state index < -0.39 is 0 Å². The number of amides is 1. The molecule has 0 spiro atoms. The number of nitrogens with zero attached hydrogens (tertiary/aromatic N) is 3. The molecule has 6 nitrogen and oxygen atoms in total. The van der Waals surface area contributed by atoms with Gasteiger partial charge in [0, 0.05) is 27.1 Å². The number of aryl methyl sites for hydroxylation is 1. The summed E-state index contributed by atoms with van der Waals surface area (Å²) in [5, 5.41) is 7.17. The van der Waals surface area contributed by atoms with Gasteiger partial charge in [0.15, 0.2) is 0 Å². The van der Waals surface area contributed by atoms with Gasteiger partial charge >= 0.3 is 0 Å². The van der Waals surface area contributed by atoms with E-state index in [0.29, 0.717) is 12.4 Å². The van der Waals surface area contributed by atoms with Crippen LogP contribution in [0.5, 0.6) is 5.88 Å². The first-order valence-electron chi connectivity index (χ1n) is 6.22. The SMILES string of the molecule is COc1nn(C)c(N2CCCC2)c1CNC(C)=O. The molecule has 1 N–H and O–H groups in total. The Labute approximate surface area is 107 Å². The standard InChI is InChI=1S/C12H20N4O2/c1-9(17)13-8-10-11(18-3)14-15(2)12(10)16-6-4-5-7-16/h4-8H2,1-3H3,(H,13,17). The molecule has 0 unspecified atom stereocenters. The first-order valence-corrected chi connectivity index (χ1v) is 6.22. The van der Waals surface area contributed by atoms with Crippen molar-refractivity contribution in [3.05, 3.63) is 5.56 Å². The van der Waals surface area contributed by atoms with Gasteiger partial charge in [-0.1, -0.05) is 0 Å². The number of hydrogen-bond donors (Lipinski definition) is 1. The van der Waals surface area contributed by atoms with E-state index in [2.05, 4.69) is 15.3 Å². The van der Waals surface area contributed by atoms with Crippen LogP contribution in [0.1, 0.15) is 25.3 Å². The number of carbonyl (C=O) groups is 1. The zero-order valence-electron chi connectivity index (χ0n) is 11.2. The molecular formula is C12H20N4O2. The predicted octanol–water partition coefficient (Wildman–Crippen LogP) is 0.665. The van der Waals surface area contributed by atoms with E-state index in [1.807, 2.05) is 11.7 Å². The van der Waals surface area contributed by atoms with E-state index in [-0.39, 0.29) is 5.91 Å². The molecule has 1 aliphatic rings. The van der Waals surface area contributed by atoms with Gasteiger partial charge in [-0.05, 0) is 12.8 Å². The molecule has 100 valence electrons. The molecule has 0 atom stereocenters. The molecule has 1 fully saturated rings. The van der Waals surface area contributed by atoms with Crippen molar-refractivity contribution in [2.45, 2.75) is 26.3 Å². The molecule has 6 heteroatoms. The Balaban J connectivity index is 2.29. The fraction of sp³-hybridized carbons (Fsp3) is 0.667. The average molecular weight is 252 g/mol. The summed E-state index contributed by atoms with van der Waals surface area (Å²) in [5.74, 6) is 1.60. The minimum absolute atomic E-state index is 0.0479. The molecule has 1 aliphatic heterocycles. The second-order valence-electron chi connectivity index (χ2n) is 4.54. The fourth-order valence-electron chi connectivity index (χ4n) is 2.39. The number of nitrogens with one attached hydrogen (secondary N) is 1. The third kappa shape index (κ3) is 2.42. The second-order valence-corrected chi connectivity index (χ2v) is 4.54. The lowest BCUT2D eigenvalue weighted by atomic mass is 10.3. The molecule has 1 aromatic heterocycles. The van der Waals surface area contributed by atoms with E-state index in [4.69, 9.17) is 4.74 Å². The topological polar surface area (TPSA) is 59.4 Å². The second kappa shape index (κ2) is 5.29.